The van der Waals surface area contributed by atoms with E-state index in [9.17, 15) is 9.18 Å². The first-order valence-corrected chi connectivity index (χ1v) is 6.37. The Morgan fingerprint density at radius 2 is 2.37 bits per heavy atom. The predicted octanol–water partition coefficient (Wildman–Crippen LogP) is 1.36. The van der Waals surface area contributed by atoms with E-state index in [2.05, 4.69) is 5.32 Å². The van der Waals surface area contributed by atoms with Gasteiger partial charge in [0.1, 0.15) is 5.82 Å². The minimum atomic E-state index is -0.452. The van der Waals surface area contributed by atoms with E-state index in [0.717, 1.165) is 6.42 Å². The molecule has 0 saturated carbocycles. The Bertz CT molecular complexity index is 464. The molecule has 19 heavy (non-hydrogen) atoms. The third-order valence-electron chi connectivity index (χ3n) is 3.32. The number of ether oxygens (including phenoxy) is 1. The fourth-order valence-corrected chi connectivity index (χ4v) is 2.16. The van der Waals surface area contributed by atoms with Gasteiger partial charge in [-0.25, -0.2) is 4.39 Å². The van der Waals surface area contributed by atoms with Crippen LogP contribution in [0, 0.1) is 11.7 Å². The van der Waals surface area contributed by atoms with Gasteiger partial charge in [0.15, 0.2) is 0 Å². The zero-order valence-corrected chi connectivity index (χ0v) is 10.9. The Labute approximate surface area is 111 Å². The second-order valence-corrected chi connectivity index (χ2v) is 4.88. The summed E-state index contributed by atoms with van der Waals surface area (Å²) < 4.78 is 18.8. The number of benzene rings is 1. The van der Waals surface area contributed by atoms with Gasteiger partial charge in [0.05, 0.1) is 25.2 Å². The van der Waals surface area contributed by atoms with Crippen LogP contribution >= 0.6 is 0 Å². The summed E-state index contributed by atoms with van der Waals surface area (Å²) in [7, 11) is 0. The average Bonchev–Trinajstić information content (AvgIpc) is 2.83. The highest BCUT2D eigenvalue weighted by atomic mass is 19.1. The van der Waals surface area contributed by atoms with E-state index >= 15 is 0 Å². The summed E-state index contributed by atoms with van der Waals surface area (Å²) in [5, 5.41) is 11.7. The van der Waals surface area contributed by atoms with E-state index in [0.29, 0.717) is 12.2 Å². The van der Waals surface area contributed by atoms with Gasteiger partial charge in [0.2, 0.25) is 5.91 Å². The molecule has 5 heteroatoms. The van der Waals surface area contributed by atoms with Crippen LogP contribution in [0.15, 0.2) is 18.2 Å². The fraction of sp³-hybridized carbons (Fsp3) is 0.500. The van der Waals surface area contributed by atoms with Gasteiger partial charge in [-0.15, -0.1) is 0 Å². The topological polar surface area (TPSA) is 58.6 Å². The van der Waals surface area contributed by atoms with Crippen LogP contribution in [-0.2, 0) is 22.7 Å². The van der Waals surface area contributed by atoms with Crippen LogP contribution in [0.4, 0.5) is 4.39 Å². The van der Waals surface area contributed by atoms with E-state index < -0.39 is 5.82 Å². The number of hydrogen-bond acceptors (Lipinski definition) is 3. The lowest BCUT2D eigenvalue weighted by molar-refractivity contribution is -0.125. The van der Waals surface area contributed by atoms with Gasteiger partial charge >= 0.3 is 0 Å². The van der Waals surface area contributed by atoms with Gasteiger partial charge in [-0.05, 0) is 25.0 Å². The van der Waals surface area contributed by atoms with Crippen molar-refractivity contribution in [2.75, 3.05) is 6.61 Å². The molecule has 2 N–H and O–H groups in total. The molecule has 0 aliphatic carbocycles. The minimum absolute atomic E-state index is 0.0593. The van der Waals surface area contributed by atoms with Gasteiger partial charge in [-0.3, -0.25) is 4.79 Å². The monoisotopic (exact) mass is 267 g/mol. The van der Waals surface area contributed by atoms with Crippen molar-refractivity contribution in [2.24, 2.45) is 5.92 Å². The molecule has 0 radical (unpaired) electrons. The Morgan fingerprint density at radius 1 is 1.58 bits per heavy atom. The maximum absolute atomic E-state index is 13.4. The summed E-state index contributed by atoms with van der Waals surface area (Å²) in [6.07, 6.45) is 0.848. The van der Waals surface area contributed by atoms with Crippen LogP contribution in [-0.4, -0.2) is 23.7 Å². The van der Waals surface area contributed by atoms with Crippen LogP contribution in [0.2, 0.25) is 0 Å². The molecule has 1 aromatic rings. The molecule has 0 bridgehead atoms. The molecule has 2 unspecified atom stereocenters. The van der Waals surface area contributed by atoms with Gasteiger partial charge in [0.25, 0.3) is 0 Å². The molecule has 1 heterocycles. The first-order valence-electron chi connectivity index (χ1n) is 6.37. The largest absolute Gasteiger partial charge is 0.392 e. The lowest BCUT2D eigenvalue weighted by Gasteiger charge is -2.10. The molecule has 1 fully saturated rings. The summed E-state index contributed by atoms with van der Waals surface area (Å²) in [6.45, 7) is 2.35. The quantitative estimate of drug-likeness (QED) is 0.866. The van der Waals surface area contributed by atoms with Crippen LogP contribution in [0.5, 0.6) is 0 Å². The van der Waals surface area contributed by atoms with Crippen LogP contribution in [0.1, 0.15) is 24.5 Å². The van der Waals surface area contributed by atoms with E-state index in [4.69, 9.17) is 9.84 Å². The Kier molecular flexibility index (Phi) is 4.50. The first kappa shape index (κ1) is 14.0. The van der Waals surface area contributed by atoms with Gasteiger partial charge in [-0.1, -0.05) is 12.1 Å². The minimum Gasteiger partial charge on any atom is -0.392 e. The van der Waals surface area contributed by atoms with Gasteiger partial charge in [-0.2, -0.15) is 0 Å². The standard InChI is InChI=1S/C14H18FNO3/c1-9-4-12(8-19-9)14(18)16-6-10-2-3-11(7-17)13(15)5-10/h2-3,5,9,12,17H,4,6-8H2,1H3,(H,16,18). The van der Waals surface area contributed by atoms with Crippen molar-refractivity contribution in [2.45, 2.75) is 32.6 Å². The molecule has 2 rings (SSSR count). The first-order chi connectivity index (χ1) is 9.10. The summed E-state index contributed by atoms with van der Waals surface area (Å²) in [6, 6.07) is 4.56. The number of carbonyl (C=O) groups is 1. The molecule has 104 valence electrons. The number of rotatable bonds is 4. The van der Waals surface area contributed by atoms with E-state index in [1.165, 1.54) is 12.1 Å². The van der Waals surface area contributed by atoms with E-state index in [-0.39, 0.29) is 36.6 Å². The average molecular weight is 267 g/mol. The summed E-state index contributed by atoms with van der Waals surface area (Å²) >= 11 is 0. The molecule has 1 aliphatic heterocycles. The number of amides is 1. The summed E-state index contributed by atoms with van der Waals surface area (Å²) in [5.41, 5.74) is 0.933. The second kappa shape index (κ2) is 6.12. The van der Waals surface area contributed by atoms with E-state index in [1.807, 2.05) is 6.92 Å². The number of carbonyl (C=O) groups excluding carboxylic acids is 1. The molecular weight excluding hydrogens is 249 g/mol. The molecule has 4 nitrogen and oxygen atoms in total. The number of aliphatic hydroxyl groups is 1. The maximum Gasteiger partial charge on any atom is 0.225 e. The van der Waals surface area contributed by atoms with Crippen molar-refractivity contribution in [1.82, 2.24) is 5.32 Å². The van der Waals surface area contributed by atoms with Gasteiger partial charge < -0.3 is 15.2 Å². The Hall–Kier alpha value is -1.46. The van der Waals surface area contributed by atoms with Crippen molar-refractivity contribution in [1.29, 1.82) is 0 Å². The summed E-state index contributed by atoms with van der Waals surface area (Å²) in [4.78, 5) is 11.8. The number of halogens is 1. The number of nitrogens with one attached hydrogen (secondary N) is 1. The maximum atomic E-state index is 13.4. The smallest absolute Gasteiger partial charge is 0.225 e. The van der Waals surface area contributed by atoms with Crippen LogP contribution < -0.4 is 5.32 Å². The third-order valence-corrected chi connectivity index (χ3v) is 3.32. The van der Waals surface area contributed by atoms with Crippen molar-refractivity contribution < 1.29 is 19.0 Å². The highest BCUT2D eigenvalue weighted by Gasteiger charge is 2.27. The number of aliphatic hydroxyl groups excluding tert-OH is 1. The zero-order chi connectivity index (χ0) is 13.8. The highest BCUT2D eigenvalue weighted by molar-refractivity contribution is 5.79. The molecule has 0 spiro atoms. The fourth-order valence-electron chi connectivity index (χ4n) is 2.16. The highest BCUT2D eigenvalue weighted by Crippen LogP contribution is 2.19. The van der Waals surface area contributed by atoms with Crippen LogP contribution in [0.25, 0.3) is 0 Å². The Balaban J connectivity index is 1.88. The van der Waals surface area contributed by atoms with Crippen molar-refractivity contribution in [3.05, 3.63) is 35.1 Å². The summed E-state index contributed by atoms with van der Waals surface area (Å²) in [5.74, 6) is -0.625. The predicted molar refractivity (Wildman–Crippen MR) is 67.7 cm³/mol. The zero-order valence-electron chi connectivity index (χ0n) is 10.9. The van der Waals surface area contributed by atoms with Crippen LogP contribution in [0.3, 0.4) is 0 Å². The lowest BCUT2D eigenvalue weighted by Crippen LogP contribution is -2.30. The SMILES string of the molecule is CC1CC(C(=O)NCc2ccc(CO)c(F)c2)CO1. The number of hydrogen-bond donors (Lipinski definition) is 2. The van der Waals surface area contributed by atoms with Crippen molar-refractivity contribution in [3.8, 4) is 0 Å². The molecule has 1 aliphatic rings. The normalized spacial score (nSPS) is 22.5. The second-order valence-electron chi connectivity index (χ2n) is 4.88. The Morgan fingerprint density at radius 3 is 2.95 bits per heavy atom. The van der Waals surface area contributed by atoms with Gasteiger partial charge in [0, 0.05) is 12.1 Å². The van der Waals surface area contributed by atoms with Crippen molar-refractivity contribution in [3.63, 3.8) is 0 Å². The third kappa shape index (κ3) is 3.52. The molecule has 0 aromatic heterocycles. The molecule has 1 amide bonds. The molecule has 2 atom stereocenters. The lowest BCUT2D eigenvalue weighted by atomic mass is 10.1. The van der Waals surface area contributed by atoms with Crippen molar-refractivity contribution >= 4 is 5.91 Å². The molecule has 1 saturated heterocycles. The molecule has 1 aromatic carbocycles. The molecular formula is C14H18FNO3. The van der Waals surface area contributed by atoms with E-state index in [1.54, 1.807) is 6.07 Å².